The van der Waals surface area contributed by atoms with Crippen molar-refractivity contribution in [3.63, 3.8) is 0 Å². The highest BCUT2D eigenvalue weighted by Crippen LogP contribution is 2.32. The summed E-state index contributed by atoms with van der Waals surface area (Å²) in [5, 5.41) is 8.11. The first-order valence-corrected chi connectivity index (χ1v) is 8.96. The molecule has 1 heterocycles. The molecule has 26 heavy (non-hydrogen) atoms. The Morgan fingerprint density at radius 1 is 1.00 bits per heavy atom. The second-order valence-corrected chi connectivity index (χ2v) is 6.97. The van der Waals surface area contributed by atoms with Gasteiger partial charge in [-0.2, -0.15) is 4.98 Å². The van der Waals surface area contributed by atoms with Crippen LogP contribution in [0.25, 0.3) is 11.4 Å². The highest BCUT2D eigenvalue weighted by molar-refractivity contribution is 6.44. The summed E-state index contributed by atoms with van der Waals surface area (Å²) in [5.74, 6) is 0.520. The van der Waals surface area contributed by atoms with Crippen molar-refractivity contribution in [3.8, 4) is 11.4 Å². The minimum atomic E-state index is -0.267. The molecule has 0 radical (unpaired) electrons. The number of halogens is 4. The van der Waals surface area contributed by atoms with Crippen LogP contribution in [-0.4, -0.2) is 16.0 Å². The van der Waals surface area contributed by atoms with Crippen molar-refractivity contribution in [2.75, 3.05) is 5.32 Å². The molecule has 0 bridgehead atoms. The van der Waals surface area contributed by atoms with Crippen LogP contribution in [0.5, 0.6) is 0 Å². The fraction of sp³-hybridized carbons (Fsp3) is 0.118. The van der Waals surface area contributed by atoms with Gasteiger partial charge in [-0.05, 0) is 36.4 Å². The summed E-state index contributed by atoms with van der Waals surface area (Å²) >= 11 is 23.7. The van der Waals surface area contributed by atoms with Gasteiger partial charge in [0.25, 0.3) is 0 Å². The molecule has 0 aliphatic rings. The number of amides is 1. The molecule has 0 saturated carbocycles. The van der Waals surface area contributed by atoms with Gasteiger partial charge in [-0.3, -0.25) is 4.79 Å². The Balaban J connectivity index is 1.60. The molecular weight excluding hydrogens is 420 g/mol. The van der Waals surface area contributed by atoms with Gasteiger partial charge >= 0.3 is 0 Å². The van der Waals surface area contributed by atoms with Crippen molar-refractivity contribution >= 4 is 58.0 Å². The molecular formula is C17H11Cl4N3O2. The smallest absolute Gasteiger partial charge is 0.227 e. The molecule has 0 fully saturated rings. The molecule has 1 amide bonds. The van der Waals surface area contributed by atoms with Gasteiger partial charge in [-0.1, -0.05) is 51.6 Å². The van der Waals surface area contributed by atoms with Crippen molar-refractivity contribution in [2.45, 2.75) is 12.8 Å². The van der Waals surface area contributed by atoms with E-state index in [2.05, 4.69) is 15.5 Å². The largest absolute Gasteiger partial charge is 0.339 e. The number of aryl methyl sites for hydroxylation is 1. The van der Waals surface area contributed by atoms with E-state index in [1.165, 1.54) is 12.1 Å². The molecule has 0 aliphatic heterocycles. The number of carbonyl (C=O) groups is 1. The topological polar surface area (TPSA) is 68.0 Å². The molecule has 9 heteroatoms. The fourth-order valence-electron chi connectivity index (χ4n) is 2.12. The lowest BCUT2D eigenvalue weighted by molar-refractivity contribution is -0.116. The number of nitrogens with zero attached hydrogens (tertiary/aromatic N) is 2. The number of rotatable bonds is 5. The zero-order valence-electron chi connectivity index (χ0n) is 13.1. The predicted molar refractivity (Wildman–Crippen MR) is 103 cm³/mol. The molecule has 1 aromatic heterocycles. The number of hydrogen-bond donors (Lipinski definition) is 1. The second kappa shape index (κ2) is 8.27. The van der Waals surface area contributed by atoms with Crippen LogP contribution in [0.3, 0.4) is 0 Å². The van der Waals surface area contributed by atoms with E-state index in [0.29, 0.717) is 37.5 Å². The van der Waals surface area contributed by atoms with E-state index in [-0.39, 0.29) is 18.7 Å². The Bertz CT molecular complexity index is 942. The van der Waals surface area contributed by atoms with Crippen LogP contribution in [0, 0.1) is 0 Å². The van der Waals surface area contributed by atoms with E-state index in [1.807, 2.05) is 0 Å². The molecule has 3 rings (SSSR count). The maximum Gasteiger partial charge on any atom is 0.227 e. The SMILES string of the molecule is O=C(CCc1nc(-c2ccc(Cl)cc2)no1)Nc1cc(Cl)c(Cl)cc1Cl. The summed E-state index contributed by atoms with van der Waals surface area (Å²) in [7, 11) is 0. The quantitative estimate of drug-likeness (QED) is 0.510. The molecule has 2 aromatic carbocycles. The Labute approximate surface area is 169 Å². The van der Waals surface area contributed by atoms with E-state index in [4.69, 9.17) is 50.9 Å². The maximum atomic E-state index is 12.1. The molecule has 134 valence electrons. The maximum absolute atomic E-state index is 12.1. The van der Waals surface area contributed by atoms with Gasteiger partial charge in [0.1, 0.15) is 0 Å². The Hall–Kier alpha value is -1.79. The van der Waals surface area contributed by atoms with Crippen LogP contribution in [0.1, 0.15) is 12.3 Å². The zero-order valence-corrected chi connectivity index (χ0v) is 16.1. The first-order valence-electron chi connectivity index (χ1n) is 7.45. The molecule has 0 saturated heterocycles. The van der Waals surface area contributed by atoms with E-state index < -0.39 is 0 Å². The summed E-state index contributed by atoms with van der Waals surface area (Å²) in [4.78, 5) is 16.4. The van der Waals surface area contributed by atoms with Crippen LogP contribution in [0.4, 0.5) is 5.69 Å². The van der Waals surface area contributed by atoms with Gasteiger partial charge in [0, 0.05) is 23.4 Å². The van der Waals surface area contributed by atoms with Crippen molar-refractivity contribution in [1.82, 2.24) is 10.1 Å². The lowest BCUT2D eigenvalue weighted by Crippen LogP contribution is -2.12. The highest BCUT2D eigenvalue weighted by Gasteiger charge is 2.13. The molecule has 3 aromatic rings. The summed E-state index contributed by atoms with van der Waals surface area (Å²) in [6, 6.07) is 10.0. The van der Waals surface area contributed by atoms with E-state index in [0.717, 1.165) is 5.56 Å². The average molecular weight is 431 g/mol. The Morgan fingerprint density at radius 2 is 1.69 bits per heavy atom. The van der Waals surface area contributed by atoms with Crippen molar-refractivity contribution in [1.29, 1.82) is 0 Å². The first-order chi connectivity index (χ1) is 12.4. The van der Waals surface area contributed by atoms with E-state index in [9.17, 15) is 4.79 Å². The number of benzene rings is 2. The van der Waals surface area contributed by atoms with Gasteiger partial charge < -0.3 is 9.84 Å². The lowest BCUT2D eigenvalue weighted by Gasteiger charge is -2.08. The number of hydrogen-bond acceptors (Lipinski definition) is 4. The first kappa shape index (κ1) is 19.0. The molecule has 0 aliphatic carbocycles. The van der Waals surface area contributed by atoms with Gasteiger partial charge in [0.15, 0.2) is 0 Å². The Morgan fingerprint density at radius 3 is 2.42 bits per heavy atom. The third kappa shape index (κ3) is 4.68. The van der Waals surface area contributed by atoms with Gasteiger partial charge in [-0.15, -0.1) is 0 Å². The molecule has 0 spiro atoms. The normalized spacial score (nSPS) is 10.8. The number of anilines is 1. The van der Waals surface area contributed by atoms with Gasteiger partial charge in [-0.25, -0.2) is 0 Å². The predicted octanol–water partition coefficient (Wildman–Crippen LogP) is 5.92. The Kier molecular flexibility index (Phi) is 6.04. The second-order valence-electron chi connectivity index (χ2n) is 5.31. The van der Waals surface area contributed by atoms with Crippen molar-refractivity contribution < 1.29 is 9.32 Å². The van der Waals surface area contributed by atoms with Crippen LogP contribution < -0.4 is 5.32 Å². The summed E-state index contributed by atoms with van der Waals surface area (Å²) in [5.41, 5.74) is 1.16. The third-order valence-corrected chi connectivity index (χ3v) is 4.71. The molecule has 0 atom stereocenters. The molecule has 5 nitrogen and oxygen atoms in total. The van der Waals surface area contributed by atoms with Crippen LogP contribution in [0.2, 0.25) is 20.1 Å². The standard InChI is InChI=1S/C17H11Cl4N3O2/c18-10-3-1-9(2-4-10)17-23-16(26-24-17)6-5-15(25)22-14-8-12(20)11(19)7-13(14)21/h1-4,7-8H,5-6H2,(H,22,25). The molecule has 1 N–H and O–H groups in total. The highest BCUT2D eigenvalue weighted by atomic mass is 35.5. The summed E-state index contributed by atoms with van der Waals surface area (Å²) in [6.07, 6.45) is 0.421. The molecule has 0 unspecified atom stereocenters. The van der Waals surface area contributed by atoms with E-state index >= 15 is 0 Å². The summed E-state index contributed by atoms with van der Waals surface area (Å²) in [6.45, 7) is 0. The minimum absolute atomic E-state index is 0.138. The summed E-state index contributed by atoms with van der Waals surface area (Å²) < 4.78 is 5.17. The third-order valence-electron chi connectivity index (χ3n) is 3.42. The number of aromatic nitrogens is 2. The monoisotopic (exact) mass is 429 g/mol. The average Bonchev–Trinajstić information content (AvgIpc) is 3.07. The number of carbonyl (C=O) groups excluding carboxylic acids is 1. The van der Waals surface area contributed by atoms with Crippen LogP contribution in [-0.2, 0) is 11.2 Å². The number of nitrogens with one attached hydrogen (secondary N) is 1. The van der Waals surface area contributed by atoms with Crippen molar-refractivity contribution in [3.05, 3.63) is 62.4 Å². The van der Waals surface area contributed by atoms with E-state index in [1.54, 1.807) is 24.3 Å². The lowest BCUT2D eigenvalue weighted by atomic mass is 10.2. The van der Waals surface area contributed by atoms with Gasteiger partial charge in [0.05, 0.1) is 20.8 Å². The van der Waals surface area contributed by atoms with Gasteiger partial charge in [0.2, 0.25) is 17.6 Å². The minimum Gasteiger partial charge on any atom is -0.339 e. The van der Waals surface area contributed by atoms with Crippen LogP contribution >= 0.6 is 46.4 Å². The zero-order chi connectivity index (χ0) is 18.7. The van der Waals surface area contributed by atoms with Crippen molar-refractivity contribution in [2.24, 2.45) is 0 Å². The van der Waals surface area contributed by atoms with Crippen LogP contribution in [0.15, 0.2) is 40.9 Å². The fourth-order valence-corrected chi connectivity index (χ4v) is 2.84.